The molecular formula is C18H21N3O4. The van der Waals surface area contributed by atoms with Gasteiger partial charge in [-0.3, -0.25) is 9.59 Å². The van der Waals surface area contributed by atoms with Gasteiger partial charge in [-0.05, 0) is 32.0 Å². The van der Waals surface area contributed by atoms with Crippen LogP contribution < -0.4 is 15.4 Å². The van der Waals surface area contributed by atoms with E-state index < -0.39 is 5.91 Å². The Balaban J connectivity index is 1.95. The van der Waals surface area contributed by atoms with Crippen LogP contribution in [0.4, 0.5) is 0 Å². The second-order valence-electron chi connectivity index (χ2n) is 5.59. The molecule has 0 radical (unpaired) electrons. The van der Waals surface area contributed by atoms with E-state index >= 15 is 0 Å². The van der Waals surface area contributed by atoms with Crippen LogP contribution in [0.5, 0.6) is 11.5 Å². The molecule has 1 aromatic carbocycles. The van der Waals surface area contributed by atoms with Crippen LogP contribution in [-0.4, -0.2) is 35.6 Å². The highest BCUT2D eigenvalue weighted by atomic mass is 16.5. The monoisotopic (exact) mass is 343 g/mol. The van der Waals surface area contributed by atoms with Crippen LogP contribution in [-0.2, 0) is 4.79 Å². The summed E-state index contributed by atoms with van der Waals surface area (Å²) in [6.07, 6.45) is 1.39. The summed E-state index contributed by atoms with van der Waals surface area (Å²) in [4.78, 5) is 27.8. The van der Waals surface area contributed by atoms with Crippen LogP contribution in [0, 0.1) is 6.92 Å². The van der Waals surface area contributed by atoms with Crippen LogP contribution in [0.25, 0.3) is 0 Å². The van der Waals surface area contributed by atoms with E-state index in [1.807, 2.05) is 32.0 Å². The molecule has 0 aliphatic rings. The summed E-state index contributed by atoms with van der Waals surface area (Å²) < 4.78 is 5.32. The molecule has 0 fully saturated rings. The maximum atomic E-state index is 12.1. The number of nitrogens with zero attached hydrogens (tertiary/aromatic N) is 1. The van der Waals surface area contributed by atoms with Gasteiger partial charge in [0.25, 0.3) is 5.91 Å². The number of benzene rings is 1. The Kier molecular flexibility index (Phi) is 5.94. The van der Waals surface area contributed by atoms with E-state index in [0.29, 0.717) is 5.75 Å². The predicted molar refractivity (Wildman–Crippen MR) is 92.5 cm³/mol. The van der Waals surface area contributed by atoms with Crippen LogP contribution >= 0.6 is 0 Å². The molecule has 3 N–H and O–H groups in total. The van der Waals surface area contributed by atoms with E-state index in [0.717, 1.165) is 11.1 Å². The fourth-order valence-electron chi connectivity index (χ4n) is 2.38. The number of carbonyl (C=O) groups is 2. The number of carbonyl (C=O) groups excluding carboxylic acids is 2. The van der Waals surface area contributed by atoms with Crippen molar-refractivity contribution in [3.05, 3.63) is 53.3 Å². The fourth-order valence-corrected chi connectivity index (χ4v) is 2.38. The summed E-state index contributed by atoms with van der Waals surface area (Å²) in [7, 11) is 1.57. The second-order valence-corrected chi connectivity index (χ2v) is 5.59. The number of amides is 2. The van der Waals surface area contributed by atoms with Crippen molar-refractivity contribution in [3.8, 4) is 11.5 Å². The lowest BCUT2D eigenvalue weighted by Crippen LogP contribution is -2.38. The van der Waals surface area contributed by atoms with Crippen molar-refractivity contribution in [2.45, 2.75) is 19.9 Å². The molecule has 0 spiro atoms. The third kappa shape index (κ3) is 4.69. The molecule has 2 aromatic rings. The highest BCUT2D eigenvalue weighted by Gasteiger charge is 2.16. The van der Waals surface area contributed by atoms with E-state index in [4.69, 9.17) is 4.74 Å². The zero-order valence-corrected chi connectivity index (χ0v) is 14.4. The molecular weight excluding hydrogens is 322 g/mol. The fraction of sp³-hybridized carbons (Fsp3) is 0.278. The molecule has 2 rings (SSSR count). The van der Waals surface area contributed by atoms with Crippen molar-refractivity contribution in [2.24, 2.45) is 0 Å². The Morgan fingerprint density at radius 2 is 2.08 bits per heavy atom. The summed E-state index contributed by atoms with van der Waals surface area (Å²) in [5.41, 5.74) is 1.78. The number of pyridine rings is 1. The van der Waals surface area contributed by atoms with Crippen LogP contribution in [0.2, 0.25) is 0 Å². The third-order valence-corrected chi connectivity index (χ3v) is 3.64. The highest BCUT2D eigenvalue weighted by molar-refractivity contribution is 5.96. The first-order chi connectivity index (χ1) is 11.9. The number of aromatic hydroxyl groups is 1. The number of rotatable bonds is 6. The molecule has 1 atom stereocenters. The van der Waals surface area contributed by atoms with Gasteiger partial charge in [0.05, 0.1) is 19.7 Å². The number of hydrogen-bond acceptors (Lipinski definition) is 5. The maximum absolute atomic E-state index is 12.1. The van der Waals surface area contributed by atoms with E-state index in [1.54, 1.807) is 7.11 Å². The Labute approximate surface area is 146 Å². The average Bonchev–Trinajstić information content (AvgIpc) is 2.60. The van der Waals surface area contributed by atoms with Gasteiger partial charge in [0.15, 0.2) is 5.69 Å². The van der Waals surface area contributed by atoms with Gasteiger partial charge in [-0.25, -0.2) is 4.98 Å². The molecule has 1 aromatic heterocycles. The van der Waals surface area contributed by atoms with E-state index in [1.165, 1.54) is 18.3 Å². The van der Waals surface area contributed by atoms with Crippen molar-refractivity contribution in [1.82, 2.24) is 15.6 Å². The Hall–Kier alpha value is -3.09. The van der Waals surface area contributed by atoms with Crippen molar-refractivity contribution in [3.63, 3.8) is 0 Å². The van der Waals surface area contributed by atoms with Gasteiger partial charge in [-0.15, -0.1) is 0 Å². The van der Waals surface area contributed by atoms with E-state index in [2.05, 4.69) is 15.6 Å². The van der Waals surface area contributed by atoms with Crippen LogP contribution in [0.1, 0.15) is 34.6 Å². The molecule has 0 aliphatic carbocycles. The lowest BCUT2D eigenvalue weighted by molar-refractivity contribution is -0.120. The average molecular weight is 343 g/mol. The van der Waals surface area contributed by atoms with Gasteiger partial charge in [-0.2, -0.15) is 0 Å². The zero-order chi connectivity index (χ0) is 18.4. The lowest BCUT2D eigenvalue weighted by atomic mass is 10.0. The molecule has 0 saturated carbocycles. The normalized spacial score (nSPS) is 11.5. The van der Waals surface area contributed by atoms with E-state index in [-0.39, 0.29) is 29.9 Å². The zero-order valence-electron chi connectivity index (χ0n) is 14.4. The number of aromatic nitrogens is 1. The maximum Gasteiger partial charge on any atom is 0.274 e. The Morgan fingerprint density at radius 3 is 2.76 bits per heavy atom. The van der Waals surface area contributed by atoms with Crippen LogP contribution in [0.15, 0.2) is 36.5 Å². The van der Waals surface area contributed by atoms with Gasteiger partial charge in [0, 0.05) is 11.8 Å². The SMILES string of the molecule is COc1ccc(C)cc1[C@H](C)NC(=O)CNC(=O)c1ncccc1O. The molecule has 0 unspecified atom stereocenters. The predicted octanol–water partition coefficient (Wildman–Crippen LogP) is 1.71. The summed E-state index contributed by atoms with van der Waals surface area (Å²) in [6, 6.07) is 8.29. The minimum Gasteiger partial charge on any atom is -0.505 e. The summed E-state index contributed by atoms with van der Waals surface area (Å²) >= 11 is 0. The van der Waals surface area contributed by atoms with Gasteiger partial charge in [-0.1, -0.05) is 17.7 Å². The molecule has 0 bridgehead atoms. The first-order valence-corrected chi connectivity index (χ1v) is 7.78. The number of nitrogens with one attached hydrogen (secondary N) is 2. The van der Waals surface area contributed by atoms with Gasteiger partial charge >= 0.3 is 0 Å². The van der Waals surface area contributed by atoms with Crippen molar-refractivity contribution >= 4 is 11.8 Å². The highest BCUT2D eigenvalue weighted by Crippen LogP contribution is 2.25. The first kappa shape index (κ1) is 18.3. The Morgan fingerprint density at radius 1 is 1.32 bits per heavy atom. The molecule has 132 valence electrons. The van der Waals surface area contributed by atoms with Crippen molar-refractivity contribution < 1.29 is 19.4 Å². The van der Waals surface area contributed by atoms with Crippen molar-refractivity contribution in [1.29, 1.82) is 0 Å². The lowest BCUT2D eigenvalue weighted by Gasteiger charge is -2.18. The molecule has 7 nitrogen and oxygen atoms in total. The summed E-state index contributed by atoms with van der Waals surface area (Å²) in [5.74, 6) is -0.534. The molecule has 1 heterocycles. The Bertz CT molecular complexity index is 777. The minimum atomic E-state index is -0.617. The van der Waals surface area contributed by atoms with Gasteiger partial charge in [0.1, 0.15) is 11.5 Å². The molecule has 7 heteroatoms. The van der Waals surface area contributed by atoms with Gasteiger partial charge in [0.2, 0.25) is 5.91 Å². The standard InChI is InChI=1S/C18H21N3O4/c1-11-6-7-15(25-3)13(9-11)12(2)21-16(23)10-20-18(24)17-14(22)5-4-8-19-17/h4-9,12,22H,10H2,1-3H3,(H,20,24)(H,21,23)/t12-/m0/s1. The molecule has 0 aliphatic heterocycles. The second kappa shape index (κ2) is 8.14. The number of hydrogen-bond donors (Lipinski definition) is 3. The first-order valence-electron chi connectivity index (χ1n) is 7.78. The minimum absolute atomic E-state index is 0.122. The topological polar surface area (TPSA) is 101 Å². The van der Waals surface area contributed by atoms with E-state index in [9.17, 15) is 14.7 Å². The number of ether oxygens (including phenoxy) is 1. The third-order valence-electron chi connectivity index (χ3n) is 3.64. The summed E-state index contributed by atoms with van der Waals surface area (Å²) in [5, 5.41) is 14.8. The molecule has 2 amide bonds. The van der Waals surface area contributed by atoms with Gasteiger partial charge < -0.3 is 20.5 Å². The summed E-state index contributed by atoms with van der Waals surface area (Å²) in [6.45, 7) is 3.56. The largest absolute Gasteiger partial charge is 0.505 e. The number of methoxy groups -OCH3 is 1. The quantitative estimate of drug-likeness (QED) is 0.741. The molecule has 0 saturated heterocycles. The smallest absolute Gasteiger partial charge is 0.274 e. The van der Waals surface area contributed by atoms with Crippen LogP contribution in [0.3, 0.4) is 0 Å². The van der Waals surface area contributed by atoms with Crippen molar-refractivity contribution in [2.75, 3.05) is 13.7 Å². The number of aryl methyl sites for hydroxylation is 1. The molecule has 25 heavy (non-hydrogen) atoms.